The molecule has 2 aliphatic rings. The molecule has 1 N–H and O–H groups in total. The first-order valence-electron chi connectivity index (χ1n) is 8.55. The lowest BCUT2D eigenvalue weighted by molar-refractivity contribution is -0.144. The molecule has 2 heterocycles. The van der Waals surface area contributed by atoms with E-state index in [1.165, 1.54) is 0 Å². The molecule has 2 fully saturated rings. The van der Waals surface area contributed by atoms with Crippen LogP contribution >= 0.6 is 0 Å². The number of unbranched alkanes of at least 4 members (excludes halogenated alkanes) is 1. The fourth-order valence-corrected chi connectivity index (χ4v) is 3.25. The Labute approximate surface area is 134 Å². The number of nitrogens with zero attached hydrogens (tertiary/aromatic N) is 1. The van der Waals surface area contributed by atoms with Crippen LogP contribution in [0.15, 0.2) is 0 Å². The van der Waals surface area contributed by atoms with Crippen molar-refractivity contribution in [1.82, 2.24) is 4.90 Å². The Bertz CT molecular complexity index is 384. The maximum absolute atomic E-state index is 11.3. The first-order valence-corrected chi connectivity index (χ1v) is 8.55. The lowest BCUT2D eigenvalue weighted by atomic mass is 9.82. The first kappa shape index (κ1) is 17.8. The maximum Gasteiger partial charge on any atom is 0.457 e. The highest BCUT2D eigenvalue weighted by atomic mass is 16.7. The van der Waals surface area contributed by atoms with Crippen molar-refractivity contribution in [3.05, 3.63) is 0 Å². The van der Waals surface area contributed by atoms with Crippen LogP contribution < -0.4 is 0 Å². The Morgan fingerprint density at radius 1 is 1.18 bits per heavy atom. The van der Waals surface area contributed by atoms with Crippen LogP contribution in [0.2, 0.25) is 6.32 Å². The normalized spacial score (nSPS) is 28.0. The summed E-state index contributed by atoms with van der Waals surface area (Å²) < 4.78 is 12.0. The zero-order valence-corrected chi connectivity index (χ0v) is 14.4. The summed E-state index contributed by atoms with van der Waals surface area (Å²) in [5.41, 5.74) is -0.530. The molecule has 22 heavy (non-hydrogen) atoms. The van der Waals surface area contributed by atoms with E-state index in [-0.39, 0.29) is 24.4 Å². The molecule has 2 rings (SSSR count). The Morgan fingerprint density at radius 3 is 2.41 bits per heavy atom. The van der Waals surface area contributed by atoms with E-state index in [1.807, 2.05) is 0 Å². The molecule has 0 aliphatic carbocycles. The summed E-state index contributed by atoms with van der Waals surface area (Å²) in [6.07, 6.45) is 5.79. The molecule has 0 aromatic carbocycles. The van der Waals surface area contributed by atoms with Crippen molar-refractivity contribution in [2.45, 2.75) is 83.4 Å². The van der Waals surface area contributed by atoms with Crippen molar-refractivity contribution in [1.29, 1.82) is 0 Å². The molecule has 0 aromatic heterocycles. The van der Waals surface area contributed by atoms with Crippen molar-refractivity contribution in [2.24, 2.45) is 0 Å². The van der Waals surface area contributed by atoms with E-state index in [0.29, 0.717) is 0 Å². The van der Waals surface area contributed by atoms with Gasteiger partial charge in [0.25, 0.3) is 0 Å². The maximum atomic E-state index is 11.3. The minimum Gasteiger partial charge on any atom is -0.480 e. The van der Waals surface area contributed by atoms with Crippen molar-refractivity contribution >= 4 is 13.1 Å². The largest absolute Gasteiger partial charge is 0.480 e. The summed E-state index contributed by atoms with van der Waals surface area (Å²) in [4.78, 5) is 13.4. The van der Waals surface area contributed by atoms with Crippen molar-refractivity contribution in [2.75, 3.05) is 13.1 Å². The molecule has 0 amide bonds. The van der Waals surface area contributed by atoms with Crippen LogP contribution in [0.1, 0.15) is 59.8 Å². The smallest absolute Gasteiger partial charge is 0.457 e. The Balaban J connectivity index is 1.70. The highest BCUT2D eigenvalue weighted by Crippen LogP contribution is 2.38. The van der Waals surface area contributed by atoms with Gasteiger partial charge in [-0.1, -0.05) is 12.8 Å². The Kier molecular flexibility index (Phi) is 5.56. The number of likely N-dealkylation sites (tertiary alicyclic amines) is 1. The molecule has 5 nitrogen and oxygen atoms in total. The highest BCUT2D eigenvalue weighted by Gasteiger charge is 2.50. The van der Waals surface area contributed by atoms with Crippen molar-refractivity contribution in [3.63, 3.8) is 0 Å². The summed E-state index contributed by atoms with van der Waals surface area (Å²) in [6.45, 7) is 10.0. The van der Waals surface area contributed by atoms with Gasteiger partial charge in [-0.3, -0.25) is 9.69 Å². The molecule has 1 unspecified atom stereocenters. The molecule has 126 valence electrons. The van der Waals surface area contributed by atoms with E-state index < -0.39 is 5.97 Å². The van der Waals surface area contributed by atoms with Crippen molar-refractivity contribution < 1.29 is 19.2 Å². The number of carbonyl (C=O) groups is 1. The van der Waals surface area contributed by atoms with Gasteiger partial charge in [0.05, 0.1) is 11.2 Å². The number of aliphatic carboxylic acids is 1. The molecule has 2 saturated heterocycles. The second kappa shape index (κ2) is 6.89. The van der Waals surface area contributed by atoms with Crippen LogP contribution in [-0.2, 0) is 14.1 Å². The second-order valence-corrected chi connectivity index (χ2v) is 7.57. The SMILES string of the molecule is CC1(C)OB(CCCCN2CCCCC2C(=O)O)OC1(C)C. The number of piperidine rings is 1. The number of hydrogen-bond acceptors (Lipinski definition) is 4. The molecule has 0 spiro atoms. The molecular formula is C16H30BNO4. The molecular weight excluding hydrogens is 281 g/mol. The minimum atomic E-state index is -0.675. The quantitative estimate of drug-likeness (QED) is 0.604. The molecule has 6 heteroatoms. The number of carboxylic acid groups (broad SMARTS) is 1. The number of carboxylic acids is 1. The van der Waals surface area contributed by atoms with Crippen LogP contribution in [0.25, 0.3) is 0 Å². The Morgan fingerprint density at radius 2 is 1.82 bits per heavy atom. The van der Waals surface area contributed by atoms with Crippen LogP contribution in [0.5, 0.6) is 0 Å². The molecule has 1 atom stereocenters. The van der Waals surface area contributed by atoms with Gasteiger partial charge in [-0.15, -0.1) is 0 Å². The summed E-state index contributed by atoms with van der Waals surface area (Å²) in [7, 11) is -0.137. The number of hydrogen-bond donors (Lipinski definition) is 1. The third kappa shape index (κ3) is 4.03. The predicted molar refractivity (Wildman–Crippen MR) is 87.0 cm³/mol. The van der Waals surface area contributed by atoms with Crippen LogP contribution in [0.4, 0.5) is 0 Å². The molecule has 0 saturated carbocycles. The fraction of sp³-hybridized carbons (Fsp3) is 0.938. The standard InChI is InChI=1S/C16H30BNO4/c1-15(2)16(3,4)22-17(21-15)10-6-8-12-18-11-7-5-9-13(18)14(19)20/h13H,5-12H2,1-4H3,(H,19,20). The molecule has 2 aliphatic heterocycles. The fourth-order valence-electron chi connectivity index (χ4n) is 3.25. The van der Waals surface area contributed by atoms with E-state index >= 15 is 0 Å². The summed E-state index contributed by atoms with van der Waals surface area (Å²) in [5.74, 6) is -0.675. The average molecular weight is 311 g/mol. The van der Waals surface area contributed by atoms with Crippen LogP contribution in [-0.4, -0.2) is 53.4 Å². The monoisotopic (exact) mass is 311 g/mol. The van der Waals surface area contributed by atoms with Gasteiger partial charge in [0.2, 0.25) is 0 Å². The van der Waals surface area contributed by atoms with Crippen LogP contribution in [0, 0.1) is 0 Å². The topological polar surface area (TPSA) is 59.0 Å². The molecule has 0 radical (unpaired) electrons. The highest BCUT2D eigenvalue weighted by molar-refractivity contribution is 6.45. The van der Waals surface area contributed by atoms with E-state index in [1.54, 1.807) is 0 Å². The van der Waals surface area contributed by atoms with Crippen molar-refractivity contribution in [3.8, 4) is 0 Å². The molecule has 0 bridgehead atoms. The summed E-state index contributed by atoms with van der Waals surface area (Å²) >= 11 is 0. The average Bonchev–Trinajstić information content (AvgIpc) is 2.63. The zero-order valence-electron chi connectivity index (χ0n) is 14.4. The minimum absolute atomic E-state index is 0.137. The Hall–Kier alpha value is -0.585. The lowest BCUT2D eigenvalue weighted by Gasteiger charge is -2.32. The first-order chi connectivity index (χ1) is 10.2. The van der Waals surface area contributed by atoms with Gasteiger partial charge in [-0.25, -0.2) is 0 Å². The second-order valence-electron chi connectivity index (χ2n) is 7.57. The van der Waals surface area contributed by atoms with Gasteiger partial charge in [-0.2, -0.15) is 0 Å². The van der Waals surface area contributed by atoms with E-state index in [2.05, 4.69) is 32.6 Å². The molecule has 0 aromatic rings. The van der Waals surface area contributed by atoms with Gasteiger partial charge < -0.3 is 14.4 Å². The van der Waals surface area contributed by atoms with Gasteiger partial charge in [0, 0.05) is 0 Å². The van der Waals surface area contributed by atoms with E-state index in [9.17, 15) is 9.90 Å². The summed E-state index contributed by atoms with van der Waals surface area (Å²) in [5, 5.41) is 9.27. The summed E-state index contributed by atoms with van der Waals surface area (Å²) in [6, 6.07) is -0.286. The van der Waals surface area contributed by atoms with E-state index in [4.69, 9.17) is 9.31 Å². The zero-order chi connectivity index (χ0) is 16.4. The van der Waals surface area contributed by atoms with Gasteiger partial charge >= 0.3 is 13.1 Å². The third-order valence-electron chi connectivity index (χ3n) is 5.34. The van der Waals surface area contributed by atoms with Gasteiger partial charge in [0.15, 0.2) is 0 Å². The third-order valence-corrected chi connectivity index (χ3v) is 5.34. The number of rotatable bonds is 6. The predicted octanol–water partition coefficient (Wildman–Crippen LogP) is 2.80. The lowest BCUT2D eigenvalue weighted by Crippen LogP contribution is -2.45. The van der Waals surface area contributed by atoms with E-state index in [0.717, 1.165) is 51.5 Å². The van der Waals surface area contributed by atoms with Gasteiger partial charge in [-0.05, 0) is 66.4 Å². The van der Waals surface area contributed by atoms with Gasteiger partial charge in [0.1, 0.15) is 6.04 Å². The van der Waals surface area contributed by atoms with Crippen LogP contribution in [0.3, 0.4) is 0 Å².